The van der Waals surface area contributed by atoms with Crippen molar-refractivity contribution in [1.82, 2.24) is 9.88 Å². The number of alkyl halides is 3. The summed E-state index contributed by atoms with van der Waals surface area (Å²) < 4.78 is 43.0. The smallest absolute Gasteiger partial charge is 0.381 e. The van der Waals surface area contributed by atoms with Crippen LogP contribution in [0.25, 0.3) is 0 Å². The molecule has 1 fully saturated rings. The quantitative estimate of drug-likeness (QED) is 0.878. The molecule has 1 aromatic heterocycles. The van der Waals surface area contributed by atoms with Gasteiger partial charge in [-0.25, -0.2) is 4.79 Å². The first-order chi connectivity index (χ1) is 11.3. The number of ether oxygens (including phenoxy) is 1. The molecular weight excluding hydrogens is 327 g/mol. The highest BCUT2D eigenvalue weighted by molar-refractivity contribution is 5.89. The number of nitrogens with zero attached hydrogens (tertiary/aromatic N) is 1. The second-order valence-corrected chi connectivity index (χ2v) is 5.81. The molecule has 2 N–H and O–H groups in total. The van der Waals surface area contributed by atoms with Gasteiger partial charge in [0.2, 0.25) is 0 Å². The Bertz CT molecular complexity index is 624. The minimum absolute atomic E-state index is 0.130. The van der Waals surface area contributed by atoms with Crippen LogP contribution in [0.15, 0.2) is 23.1 Å². The molecule has 1 aliphatic rings. The molecule has 2 heterocycles. The SMILES string of the molecule is CC(NC(=O)Nc1cccn(CC(F)(F)F)c1=O)C1CCOCC1. The second kappa shape index (κ2) is 7.69. The maximum Gasteiger partial charge on any atom is 0.406 e. The maximum absolute atomic E-state index is 12.4. The minimum atomic E-state index is -4.51. The topological polar surface area (TPSA) is 72.4 Å². The monoisotopic (exact) mass is 347 g/mol. The number of amides is 2. The van der Waals surface area contributed by atoms with E-state index in [-0.39, 0.29) is 17.6 Å². The van der Waals surface area contributed by atoms with Gasteiger partial charge in [0.1, 0.15) is 12.2 Å². The molecule has 0 spiro atoms. The third kappa shape index (κ3) is 5.26. The Morgan fingerprint density at radius 1 is 1.42 bits per heavy atom. The zero-order chi connectivity index (χ0) is 17.7. The molecule has 6 nitrogen and oxygen atoms in total. The molecule has 0 aromatic carbocycles. The summed E-state index contributed by atoms with van der Waals surface area (Å²) >= 11 is 0. The van der Waals surface area contributed by atoms with Crippen molar-refractivity contribution in [3.63, 3.8) is 0 Å². The molecule has 0 radical (unpaired) electrons. The number of carbonyl (C=O) groups excluding carboxylic acids is 1. The van der Waals surface area contributed by atoms with Gasteiger partial charge in [-0.3, -0.25) is 4.79 Å². The highest BCUT2D eigenvalue weighted by Gasteiger charge is 2.28. The van der Waals surface area contributed by atoms with Gasteiger partial charge >= 0.3 is 12.2 Å². The Balaban J connectivity index is 1.98. The van der Waals surface area contributed by atoms with E-state index in [1.54, 1.807) is 0 Å². The molecule has 1 aromatic rings. The van der Waals surface area contributed by atoms with Crippen molar-refractivity contribution in [3.05, 3.63) is 28.7 Å². The van der Waals surface area contributed by atoms with Crippen LogP contribution in [0.2, 0.25) is 0 Å². The van der Waals surface area contributed by atoms with Crippen LogP contribution < -0.4 is 16.2 Å². The van der Waals surface area contributed by atoms with Crippen molar-refractivity contribution in [2.24, 2.45) is 5.92 Å². The van der Waals surface area contributed by atoms with Crippen LogP contribution >= 0.6 is 0 Å². The standard InChI is InChI=1S/C15H20F3N3O3/c1-10(11-4-7-24-8-5-11)19-14(23)20-12-3-2-6-21(13(12)22)9-15(16,17)18/h2-3,6,10-11H,4-5,7-9H2,1H3,(H2,19,20,23). The normalized spacial score (nSPS) is 17.3. The van der Waals surface area contributed by atoms with Gasteiger partial charge in [-0.05, 0) is 37.8 Å². The first-order valence-electron chi connectivity index (χ1n) is 7.68. The van der Waals surface area contributed by atoms with Crippen LogP contribution in [0.4, 0.5) is 23.7 Å². The van der Waals surface area contributed by atoms with Gasteiger partial charge in [0, 0.05) is 25.5 Å². The fourth-order valence-corrected chi connectivity index (χ4v) is 2.65. The lowest BCUT2D eigenvalue weighted by Crippen LogP contribution is -2.43. The molecule has 1 aliphatic heterocycles. The summed E-state index contributed by atoms with van der Waals surface area (Å²) in [5.41, 5.74) is -1.10. The van der Waals surface area contributed by atoms with Crippen molar-refractivity contribution in [1.29, 1.82) is 0 Å². The predicted octanol–water partition coefficient (Wildman–Crippen LogP) is 2.35. The van der Waals surface area contributed by atoms with E-state index < -0.39 is 24.3 Å². The van der Waals surface area contributed by atoms with Gasteiger partial charge in [0.15, 0.2) is 0 Å². The molecule has 2 amide bonds. The average molecular weight is 347 g/mol. The van der Waals surface area contributed by atoms with Crippen LogP contribution in [0, 0.1) is 5.92 Å². The van der Waals surface area contributed by atoms with Crippen molar-refractivity contribution in [3.8, 4) is 0 Å². The van der Waals surface area contributed by atoms with Gasteiger partial charge in [-0.15, -0.1) is 0 Å². The first-order valence-corrected chi connectivity index (χ1v) is 7.68. The third-order valence-corrected chi connectivity index (χ3v) is 3.95. The number of rotatable bonds is 4. The van der Waals surface area contributed by atoms with E-state index in [2.05, 4.69) is 10.6 Å². The van der Waals surface area contributed by atoms with Crippen LogP contribution in [-0.4, -0.2) is 36.0 Å². The number of urea groups is 1. The summed E-state index contributed by atoms with van der Waals surface area (Å²) in [4.78, 5) is 24.0. The number of nitrogens with one attached hydrogen (secondary N) is 2. The van der Waals surface area contributed by atoms with E-state index >= 15 is 0 Å². The number of aromatic nitrogens is 1. The summed E-state index contributed by atoms with van der Waals surface area (Å²) in [5, 5.41) is 5.04. The summed E-state index contributed by atoms with van der Waals surface area (Å²) in [7, 11) is 0. The lowest BCUT2D eigenvalue weighted by molar-refractivity contribution is -0.141. The average Bonchev–Trinajstić information content (AvgIpc) is 2.51. The molecule has 1 atom stereocenters. The molecule has 24 heavy (non-hydrogen) atoms. The van der Waals surface area contributed by atoms with Gasteiger partial charge in [0.25, 0.3) is 5.56 Å². The van der Waals surface area contributed by atoms with E-state index in [0.29, 0.717) is 17.8 Å². The molecule has 134 valence electrons. The molecule has 9 heteroatoms. The predicted molar refractivity (Wildman–Crippen MR) is 81.9 cm³/mol. The molecule has 0 aliphatic carbocycles. The van der Waals surface area contributed by atoms with Gasteiger partial charge in [-0.2, -0.15) is 13.2 Å². The summed E-state index contributed by atoms with van der Waals surface area (Å²) in [5.74, 6) is 0.266. The molecule has 0 saturated carbocycles. The van der Waals surface area contributed by atoms with Gasteiger partial charge in [0.05, 0.1) is 0 Å². The molecule has 2 rings (SSSR count). The maximum atomic E-state index is 12.4. The Kier molecular flexibility index (Phi) is 5.87. The van der Waals surface area contributed by atoms with E-state index in [1.165, 1.54) is 12.1 Å². The van der Waals surface area contributed by atoms with E-state index in [0.717, 1.165) is 19.0 Å². The summed E-state index contributed by atoms with van der Waals surface area (Å²) in [6.45, 7) is 1.72. The van der Waals surface area contributed by atoms with Gasteiger partial charge in [-0.1, -0.05) is 0 Å². The van der Waals surface area contributed by atoms with Crippen molar-refractivity contribution >= 4 is 11.7 Å². The minimum Gasteiger partial charge on any atom is -0.381 e. The number of hydrogen-bond acceptors (Lipinski definition) is 3. The zero-order valence-corrected chi connectivity index (χ0v) is 13.2. The highest BCUT2D eigenvalue weighted by atomic mass is 19.4. The van der Waals surface area contributed by atoms with Crippen LogP contribution in [0.3, 0.4) is 0 Å². The van der Waals surface area contributed by atoms with Crippen molar-refractivity contribution in [2.45, 2.75) is 38.5 Å². The number of carbonyl (C=O) groups is 1. The summed E-state index contributed by atoms with van der Waals surface area (Å²) in [6.07, 6.45) is -1.83. The van der Waals surface area contributed by atoms with E-state index in [4.69, 9.17) is 4.74 Å². The molecule has 1 saturated heterocycles. The zero-order valence-electron chi connectivity index (χ0n) is 13.2. The van der Waals surface area contributed by atoms with Gasteiger partial charge < -0.3 is 19.9 Å². The molecule has 1 unspecified atom stereocenters. The van der Waals surface area contributed by atoms with Crippen LogP contribution in [-0.2, 0) is 11.3 Å². The Morgan fingerprint density at radius 3 is 2.71 bits per heavy atom. The highest BCUT2D eigenvalue weighted by Crippen LogP contribution is 2.19. The fraction of sp³-hybridized carbons (Fsp3) is 0.600. The van der Waals surface area contributed by atoms with E-state index in [1.807, 2.05) is 6.92 Å². The summed E-state index contributed by atoms with van der Waals surface area (Å²) in [6, 6.07) is 1.81. The second-order valence-electron chi connectivity index (χ2n) is 5.81. The number of pyridine rings is 1. The Labute approximate surface area is 137 Å². The lowest BCUT2D eigenvalue weighted by atomic mass is 9.93. The van der Waals surface area contributed by atoms with Crippen molar-refractivity contribution in [2.75, 3.05) is 18.5 Å². The fourth-order valence-electron chi connectivity index (χ4n) is 2.65. The largest absolute Gasteiger partial charge is 0.406 e. The number of anilines is 1. The van der Waals surface area contributed by atoms with Crippen molar-refractivity contribution < 1.29 is 22.7 Å². The van der Waals surface area contributed by atoms with Crippen LogP contribution in [0.5, 0.6) is 0 Å². The molecular formula is C15H20F3N3O3. The number of hydrogen-bond donors (Lipinski definition) is 2. The third-order valence-electron chi connectivity index (χ3n) is 3.95. The first kappa shape index (κ1) is 18.3. The Morgan fingerprint density at radius 2 is 2.08 bits per heavy atom. The molecule has 0 bridgehead atoms. The van der Waals surface area contributed by atoms with E-state index in [9.17, 15) is 22.8 Å². The van der Waals surface area contributed by atoms with Crippen LogP contribution in [0.1, 0.15) is 19.8 Å². The lowest BCUT2D eigenvalue weighted by Gasteiger charge is -2.28. The number of halogens is 3. The Hall–Kier alpha value is -2.03.